The zero-order valence-electron chi connectivity index (χ0n) is 12.3. The number of nitro groups is 1. The molecule has 0 aromatic heterocycles. The van der Waals surface area contributed by atoms with Crippen LogP contribution in [0, 0.1) is 10.1 Å². The molecule has 1 saturated carbocycles. The Morgan fingerprint density at radius 1 is 1.24 bits per heavy atom. The summed E-state index contributed by atoms with van der Waals surface area (Å²) in [7, 11) is 0. The van der Waals surface area contributed by atoms with Gasteiger partial charge in [0.15, 0.2) is 0 Å². The van der Waals surface area contributed by atoms with Gasteiger partial charge < -0.3 is 15.7 Å². The number of non-ortho nitro benzene ring substituents is 1. The standard InChI is InChI=1S/C15H23N3O3/c1-2-16-11-8-12(10-13(9-11)18(20)21)17-14-6-4-3-5-7-15(14)19/h8-10,14-17,19H,2-7H2,1H3. The SMILES string of the molecule is CCNc1cc(NC2CCCCCC2O)cc([N+](=O)[O-])c1. The molecule has 1 aliphatic carbocycles. The molecule has 1 aliphatic rings. The summed E-state index contributed by atoms with van der Waals surface area (Å²) < 4.78 is 0. The van der Waals surface area contributed by atoms with Crippen LogP contribution in [0.15, 0.2) is 18.2 Å². The molecule has 0 spiro atoms. The highest BCUT2D eigenvalue weighted by molar-refractivity contribution is 5.63. The van der Waals surface area contributed by atoms with Crippen molar-refractivity contribution in [2.75, 3.05) is 17.2 Å². The monoisotopic (exact) mass is 293 g/mol. The highest BCUT2D eigenvalue weighted by atomic mass is 16.6. The largest absolute Gasteiger partial charge is 0.391 e. The fourth-order valence-corrected chi connectivity index (χ4v) is 2.78. The van der Waals surface area contributed by atoms with Crippen LogP contribution in [0.5, 0.6) is 0 Å². The van der Waals surface area contributed by atoms with E-state index in [1.807, 2.05) is 13.0 Å². The molecule has 0 aliphatic heterocycles. The number of hydrogen-bond acceptors (Lipinski definition) is 5. The van der Waals surface area contributed by atoms with E-state index in [1.165, 1.54) is 12.1 Å². The van der Waals surface area contributed by atoms with Crippen LogP contribution in [-0.2, 0) is 0 Å². The predicted molar refractivity (Wildman–Crippen MR) is 83.8 cm³/mol. The number of aliphatic hydroxyl groups excluding tert-OH is 1. The molecule has 6 nitrogen and oxygen atoms in total. The Morgan fingerprint density at radius 3 is 2.67 bits per heavy atom. The van der Waals surface area contributed by atoms with Crippen LogP contribution in [0.3, 0.4) is 0 Å². The molecular weight excluding hydrogens is 270 g/mol. The predicted octanol–water partition coefficient (Wildman–Crippen LogP) is 3.13. The van der Waals surface area contributed by atoms with Gasteiger partial charge in [-0.05, 0) is 25.8 Å². The first-order valence-corrected chi connectivity index (χ1v) is 7.58. The van der Waals surface area contributed by atoms with Crippen LogP contribution < -0.4 is 10.6 Å². The van der Waals surface area contributed by atoms with Gasteiger partial charge >= 0.3 is 0 Å². The Labute approximate surface area is 124 Å². The van der Waals surface area contributed by atoms with Crippen LogP contribution >= 0.6 is 0 Å². The highest BCUT2D eigenvalue weighted by Gasteiger charge is 2.22. The minimum absolute atomic E-state index is 0.0380. The smallest absolute Gasteiger partial charge is 0.273 e. The van der Waals surface area contributed by atoms with E-state index in [2.05, 4.69) is 10.6 Å². The lowest BCUT2D eigenvalue weighted by Gasteiger charge is -2.23. The topological polar surface area (TPSA) is 87.4 Å². The van der Waals surface area contributed by atoms with Gasteiger partial charge in [-0.1, -0.05) is 19.3 Å². The zero-order valence-corrected chi connectivity index (χ0v) is 12.3. The second-order valence-electron chi connectivity index (χ2n) is 5.51. The Kier molecular flexibility index (Phi) is 5.38. The van der Waals surface area contributed by atoms with Crippen molar-refractivity contribution >= 4 is 17.1 Å². The number of anilines is 2. The van der Waals surface area contributed by atoms with Gasteiger partial charge in [0.05, 0.1) is 17.1 Å². The van der Waals surface area contributed by atoms with E-state index < -0.39 is 11.0 Å². The summed E-state index contributed by atoms with van der Waals surface area (Å²) in [5, 5.41) is 27.5. The summed E-state index contributed by atoms with van der Waals surface area (Å²) in [6, 6.07) is 4.87. The Balaban J connectivity index is 2.19. The van der Waals surface area contributed by atoms with Gasteiger partial charge in [0.2, 0.25) is 0 Å². The fraction of sp³-hybridized carbons (Fsp3) is 0.600. The third kappa shape index (κ3) is 4.32. The molecule has 1 aromatic rings. The summed E-state index contributed by atoms with van der Waals surface area (Å²) in [5.41, 5.74) is 1.46. The molecule has 0 heterocycles. The molecule has 2 atom stereocenters. The van der Waals surface area contributed by atoms with Crippen LogP contribution in [0.1, 0.15) is 39.0 Å². The summed E-state index contributed by atoms with van der Waals surface area (Å²) in [6.45, 7) is 2.65. The maximum atomic E-state index is 11.0. The molecular formula is C15H23N3O3. The van der Waals surface area contributed by atoms with Gasteiger partial charge in [-0.25, -0.2) is 0 Å². The minimum Gasteiger partial charge on any atom is -0.391 e. The lowest BCUT2D eigenvalue weighted by molar-refractivity contribution is -0.384. The molecule has 0 saturated heterocycles. The van der Waals surface area contributed by atoms with E-state index in [0.717, 1.165) is 37.8 Å². The van der Waals surface area contributed by atoms with Crippen molar-refractivity contribution in [1.29, 1.82) is 0 Å². The lowest BCUT2D eigenvalue weighted by atomic mass is 10.1. The van der Waals surface area contributed by atoms with E-state index in [4.69, 9.17) is 0 Å². The van der Waals surface area contributed by atoms with Crippen molar-refractivity contribution in [2.24, 2.45) is 0 Å². The van der Waals surface area contributed by atoms with Gasteiger partial charge in [0.25, 0.3) is 5.69 Å². The third-order valence-electron chi connectivity index (χ3n) is 3.84. The van der Waals surface area contributed by atoms with Crippen LogP contribution in [0.4, 0.5) is 17.1 Å². The van der Waals surface area contributed by atoms with Gasteiger partial charge in [0.1, 0.15) is 0 Å². The molecule has 2 rings (SSSR count). The Morgan fingerprint density at radius 2 is 1.95 bits per heavy atom. The number of nitro benzene ring substituents is 1. The molecule has 6 heteroatoms. The van der Waals surface area contributed by atoms with Crippen LogP contribution in [0.2, 0.25) is 0 Å². The number of aliphatic hydroxyl groups is 1. The van der Waals surface area contributed by atoms with Crippen molar-refractivity contribution in [3.63, 3.8) is 0 Å². The summed E-state index contributed by atoms with van der Waals surface area (Å²) in [4.78, 5) is 10.6. The molecule has 0 amide bonds. The van der Waals surface area contributed by atoms with Crippen LogP contribution in [-0.4, -0.2) is 28.7 Å². The first-order chi connectivity index (χ1) is 10.1. The van der Waals surface area contributed by atoms with Crippen molar-refractivity contribution < 1.29 is 10.0 Å². The molecule has 2 unspecified atom stereocenters. The fourth-order valence-electron chi connectivity index (χ4n) is 2.78. The van der Waals surface area contributed by atoms with Gasteiger partial charge in [-0.3, -0.25) is 10.1 Å². The molecule has 1 fully saturated rings. The van der Waals surface area contributed by atoms with E-state index in [1.54, 1.807) is 0 Å². The second-order valence-corrected chi connectivity index (χ2v) is 5.51. The van der Waals surface area contributed by atoms with Crippen molar-refractivity contribution in [3.8, 4) is 0 Å². The maximum absolute atomic E-state index is 11.0. The van der Waals surface area contributed by atoms with Gasteiger partial charge in [-0.15, -0.1) is 0 Å². The summed E-state index contributed by atoms with van der Waals surface area (Å²) in [5.74, 6) is 0. The maximum Gasteiger partial charge on any atom is 0.273 e. The van der Waals surface area contributed by atoms with Crippen molar-refractivity contribution in [3.05, 3.63) is 28.3 Å². The molecule has 1 aromatic carbocycles. The zero-order chi connectivity index (χ0) is 15.2. The van der Waals surface area contributed by atoms with E-state index in [9.17, 15) is 15.2 Å². The van der Waals surface area contributed by atoms with Crippen LogP contribution in [0.25, 0.3) is 0 Å². The first-order valence-electron chi connectivity index (χ1n) is 7.58. The Hall–Kier alpha value is -1.82. The van der Waals surface area contributed by atoms with Gasteiger partial charge in [-0.2, -0.15) is 0 Å². The van der Waals surface area contributed by atoms with E-state index in [0.29, 0.717) is 12.2 Å². The van der Waals surface area contributed by atoms with E-state index in [-0.39, 0.29) is 11.7 Å². The molecule has 21 heavy (non-hydrogen) atoms. The highest BCUT2D eigenvalue weighted by Crippen LogP contribution is 2.27. The average molecular weight is 293 g/mol. The number of hydrogen-bond donors (Lipinski definition) is 3. The van der Waals surface area contributed by atoms with E-state index >= 15 is 0 Å². The third-order valence-corrected chi connectivity index (χ3v) is 3.84. The molecule has 0 bridgehead atoms. The summed E-state index contributed by atoms with van der Waals surface area (Å²) in [6.07, 6.45) is 4.52. The first kappa shape index (κ1) is 15.6. The molecule has 116 valence electrons. The number of rotatable bonds is 5. The number of nitrogens with one attached hydrogen (secondary N) is 2. The quantitative estimate of drug-likeness (QED) is 0.441. The van der Waals surface area contributed by atoms with Gasteiger partial charge in [0, 0.05) is 30.1 Å². The second kappa shape index (κ2) is 7.26. The lowest BCUT2D eigenvalue weighted by Crippen LogP contribution is -2.32. The van der Waals surface area contributed by atoms with Crippen molar-refractivity contribution in [1.82, 2.24) is 0 Å². The number of nitrogens with zero attached hydrogens (tertiary/aromatic N) is 1. The normalized spacial score (nSPS) is 22.4. The van der Waals surface area contributed by atoms with Crippen molar-refractivity contribution in [2.45, 2.75) is 51.2 Å². The average Bonchev–Trinajstić information content (AvgIpc) is 2.64. The Bertz CT molecular complexity index is 493. The molecule has 0 radical (unpaired) electrons. The molecule has 3 N–H and O–H groups in total. The minimum atomic E-state index is -0.394. The number of benzene rings is 1. The summed E-state index contributed by atoms with van der Waals surface area (Å²) >= 11 is 0.